The van der Waals surface area contributed by atoms with Gasteiger partial charge in [-0.2, -0.15) is 0 Å². The number of carboxylic acid groups (broad SMARTS) is 1. The smallest absolute Gasteiger partial charge is 0.408 e. The Kier molecular flexibility index (Phi) is 9.85. The topological polar surface area (TPSA) is 156 Å². The normalized spacial score (nSPS) is 13.4. The number of amides is 2. The van der Waals surface area contributed by atoms with Crippen molar-refractivity contribution in [2.75, 3.05) is 12.9 Å². The van der Waals surface area contributed by atoms with Crippen LogP contribution in [0.4, 0.5) is 9.59 Å². The first kappa shape index (κ1) is 29.8. The Labute approximate surface area is 220 Å². The molecule has 0 fully saturated rings. The summed E-state index contributed by atoms with van der Waals surface area (Å²) in [6.07, 6.45) is -1.67. The fourth-order valence-corrected chi connectivity index (χ4v) is 4.38. The van der Waals surface area contributed by atoms with E-state index in [1.54, 1.807) is 41.5 Å². The maximum absolute atomic E-state index is 12.3. The number of benzene rings is 1. The average Bonchev–Trinajstić information content (AvgIpc) is 3.10. The van der Waals surface area contributed by atoms with Crippen molar-refractivity contribution in [1.82, 2.24) is 15.6 Å². The highest BCUT2D eigenvalue weighted by Gasteiger charge is 2.29. The van der Waals surface area contributed by atoms with Gasteiger partial charge in [0.25, 0.3) is 0 Å². The lowest BCUT2D eigenvalue weighted by Crippen LogP contribution is -2.45. The van der Waals surface area contributed by atoms with E-state index in [1.807, 2.05) is 24.3 Å². The number of rotatable bonds is 9. The monoisotopic (exact) mass is 537 g/mol. The summed E-state index contributed by atoms with van der Waals surface area (Å²) in [7, 11) is 1.21. The van der Waals surface area contributed by atoms with Gasteiger partial charge in [-0.15, -0.1) is 11.8 Å². The van der Waals surface area contributed by atoms with Crippen molar-refractivity contribution >= 4 is 46.8 Å². The van der Waals surface area contributed by atoms with Crippen molar-refractivity contribution in [3.05, 3.63) is 29.8 Å². The molecule has 12 heteroatoms. The van der Waals surface area contributed by atoms with E-state index in [0.717, 1.165) is 10.9 Å². The molecule has 0 bridgehead atoms. The lowest BCUT2D eigenvalue weighted by molar-refractivity contribution is -0.142. The summed E-state index contributed by atoms with van der Waals surface area (Å²) in [6, 6.07) is 4.99. The van der Waals surface area contributed by atoms with Crippen LogP contribution in [0.1, 0.15) is 47.1 Å². The first-order valence-corrected chi connectivity index (χ1v) is 12.6. The van der Waals surface area contributed by atoms with Gasteiger partial charge in [0, 0.05) is 23.1 Å². The van der Waals surface area contributed by atoms with E-state index in [4.69, 9.17) is 14.2 Å². The lowest BCUT2D eigenvalue weighted by atomic mass is 10.1. The summed E-state index contributed by atoms with van der Waals surface area (Å²) in [5.74, 6) is -1.82. The molecule has 0 spiro atoms. The lowest BCUT2D eigenvalue weighted by Gasteiger charge is -2.23. The van der Waals surface area contributed by atoms with Crippen LogP contribution in [0, 0.1) is 0 Å². The van der Waals surface area contributed by atoms with Crippen LogP contribution in [0.5, 0.6) is 0 Å². The second kappa shape index (κ2) is 12.2. The minimum Gasteiger partial charge on any atom is -0.480 e. The third-order valence-electron chi connectivity index (χ3n) is 4.74. The molecule has 37 heavy (non-hydrogen) atoms. The average molecular weight is 538 g/mol. The second-order valence-electron chi connectivity index (χ2n) is 10.3. The molecule has 0 aliphatic heterocycles. The quantitative estimate of drug-likeness (QED) is 0.212. The molecular formula is C25H35N3O8S. The van der Waals surface area contributed by atoms with E-state index in [0.29, 0.717) is 10.6 Å². The van der Waals surface area contributed by atoms with E-state index < -0.39 is 47.4 Å². The molecule has 0 saturated heterocycles. The Morgan fingerprint density at radius 2 is 1.49 bits per heavy atom. The first-order chi connectivity index (χ1) is 17.1. The van der Waals surface area contributed by atoms with Crippen molar-refractivity contribution in [1.29, 1.82) is 0 Å². The molecule has 1 aromatic carbocycles. The molecule has 204 valence electrons. The van der Waals surface area contributed by atoms with E-state index in [-0.39, 0.29) is 12.2 Å². The van der Waals surface area contributed by atoms with E-state index in [2.05, 4.69) is 15.6 Å². The predicted octanol–water partition coefficient (Wildman–Crippen LogP) is 3.85. The van der Waals surface area contributed by atoms with Gasteiger partial charge in [-0.25, -0.2) is 19.2 Å². The summed E-state index contributed by atoms with van der Waals surface area (Å²) < 4.78 is 15.3. The van der Waals surface area contributed by atoms with Gasteiger partial charge in [0.05, 0.1) is 12.1 Å². The van der Waals surface area contributed by atoms with Gasteiger partial charge in [-0.3, -0.25) is 0 Å². The largest absolute Gasteiger partial charge is 0.480 e. The Bertz CT molecular complexity index is 1130. The number of carbonyl (C=O) groups excluding carboxylic acids is 3. The van der Waals surface area contributed by atoms with Crippen LogP contribution in [0.2, 0.25) is 0 Å². The Morgan fingerprint density at radius 3 is 2.00 bits per heavy atom. The number of nitrogens with one attached hydrogen (secondary N) is 3. The molecular weight excluding hydrogens is 502 g/mol. The molecule has 4 N–H and O–H groups in total. The number of H-pyrrole nitrogens is 1. The number of ether oxygens (including phenoxy) is 3. The number of fused-ring (bicyclic) bond motifs is 1. The standard InChI is InChI=1S/C25H35N3O8S/c1-24(2,3)35-22(32)27-17(20(29)30)12-15-14-10-8-9-11-16(14)26-19(15)37-13-18(21(31)34-7)28-23(33)36-25(4,5)6/h8-11,17-18,26H,12-13H2,1-7H3,(H,27,32)(H,28,33)(H,29,30)/t17-,18-/m0/s1. The Morgan fingerprint density at radius 1 is 0.946 bits per heavy atom. The number of aliphatic carboxylic acids is 1. The van der Waals surface area contributed by atoms with E-state index in [9.17, 15) is 24.3 Å². The summed E-state index contributed by atoms with van der Waals surface area (Å²) >= 11 is 1.20. The van der Waals surface area contributed by atoms with Crippen LogP contribution in [0.25, 0.3) is 10.9 Å². The highest BCUT2D eigenvalue weighted by atomic mass is 32.2. The van der Waals surface area contributed by atoms with Gasteiger partial charge >= 0.3 is 24.1 Å². The van der Waals surface area contributed by atoms with Crippen LogP contribution < -0.4 is 10.6 Å². The van der Waals surface area contributed by atoms with Crippen LogP contribution in [-0.2, 0) is 30.2 Å². The molecule has 11 nitrogen and oxygen atoms in total. The minimum atomic E-state index is -1.27. The van der Waals surface area contributed by atoms with Gasteiger partial charge in [-0.05, 0) is 53.2 Å². The zero-order chi connectivity index (χ0) is 28.0. The van der Waals surface area contributed by atoms with Crippen molar-refractivity contribution in [2.24, 2.45) is 0 Å². The summed E-state index contributed by atoms with van der Waals surface area (Å²) in [6.45, 7) is 10.2. The van der Waals surface area contributed by atoms with Crippen molar-refractivity contribution in [3.63, 3.8) is 0 Å². The number of hydrogen-bond donors (Lipinski definition) is 4. The number of hydrogen-bond acceptors (Lipinski definition) is 8. The molecule has 2 rings (SSSR count). The highest BCUT2D eigenvalue weighted by molar-refractivity contribution is 7.99. The molecule has 0 saturated carbocycles. The molecule has 0 aliphatic carbocycles. The predicted molar refractivity (Wildman–Crippen MR) is 139 cm³/mol. The van der Waals surface area contributed by atoms with Crippen LogP contribution in [-0.4, -0.2) is 70.4 Å². The van der Waals surface area contributed by atoms with Gasteiger partial charge in [0.2, 0.25) is 0 Å². The number of alkyl carbamates (subject to hydrolysis) is 2. The molecule has 2 aromatic rings. The molecule has 1 aromatic heterocycles. The van der Waals surface area contributed by atoms with Crippen LogP contribution in [0.15, 0.2) is 29.3 Å². The number of carbonyl (C=O) groups is 4. The zero-order valence-corrected chi connectivity index (χ0v) is 22.9. The van der Waals surface area contributed by atoms with Crippen LogP contribution >= 0.6 is 11.8 Å². The zero-order valence-electron chi connectivity index (χ0n) is 22.1. The summed E-state index contributed by atoms with van der Waals surface area (Å²) in [5.41, 5.74) is -0.171. The van der Waals surface area contributed by atoms with Crippen molar-refractivity contribution in [2.45, 2.75) is 76.3 Å². The first-order valence-electron chi connectivity index (χ1n) is 11.6. The number of aromatic amines is 1. The van der Waals surface area contributed by atoms with E-state index in [1.165, 1.54) is 18.9 Å². The molecule has 1 heterocycles. The molecule has 2 atom stereocenters. The summed E-state index contributed by atoms with van der Waals surface area (Å²) in [5, 5.41) is 16.1. The fourth-order valence-electron chi connectivity index (χ4n) is 3.28. The number of thioether (sulfide) groups is 1. The second-order valence-corrected chi connectivity index (χ2v) is 11.3. The van der Waals surface area contributed by atoms with Gasteiger partial charge < -0.3 is 34.9 Å². The summed E-state index contributed by atoms with van der Waals surface area (Å²) in [4.78, 5) is 52.1. The van der Waals surface area contributed by atoms with Gasteiger partial charge in [0.15, 0.2) is 0 Å². The van der Waals surface area contributed by atoms with Crippen molar-refractivity contribution in [3.8, 4) is 0 Å². The molecule has 0 aliphatic rings. The molecule has 0 unspecified atom stereocenters. The molecule has 2 amide bonds. The molecule has 0 radical (unpaired) electrons. The van der Waals surface area contributed by atoms with Gasteiger partial charge in [0.1, 0.15) is 23.3 Å². The third kappa shape index (κ3) is 9.52. The number of methoxy groups -OCH3 is 1. The number of para-hydroxylation sites is 1. The van der Waals surface area contributed by atoms with Crippen molar-refractivity contribution < 1.29 is 38.5 Å². The fraction of sp³-hybridized carbons (Fsp3) is 0.520. The number of aromatic nitrogens is 1. The van der Waals surface area contributed by atoms with Crippen LogP contribution in [0.3, 0.4) is 0 Å². The maximum atomic E-state index is 12.3. The Hall–Kier alpha value is -3.41. The third-order valence-corrected chi connectivity index (χ3v) is 5.88. The minimum absolute atomic E-state index is 0.0523. The Balaban J connectivity index is 2.29. The van der Waals surface area contributed by atoms with Gasteiger partial charge in [-0.1, -0.05) is 18.2 Å². The highest BCUT2D eigenvalue weighted by Crippen LogP contribution is 2.31. The van der Waals surface area contributed by atoms with E-state index >= 15 is 0 Å². The SMILES string of the molecule is COC(=O)[C@H](CSc1[nH]c2ccccc2c1C[C@H](NC(=O)OC(C)(C)C)C(=O)O)NC(=O)OC(C)(C)C. The maximum Gasteiger partial charge on any atom is 0.408 e. The number of carboxylic acids is 1. The number of esters is 1.